The molecule has 0 saturated carbocycles. The standard InChI is InChI=1S/C35H34Cl2N8O5/c1-43-28(18-44-15-21(16-44)35(48)49)42-45-17-20(12-27(45)34(43)47)32-31(37)24(10-11-39-32)23-4-3-5-25(30(23)36)26-8-6-19(33(41-26)50-2)13-38-14-22-7-9-29(46)40-22/h3-6,8,10-12,17,21-22,38H,7,9,13-16,18H2,1-2H3,(H,40,46)(H,48,49). The summed E-state index contributed by atoms with van der Waals surface area (Å²) in [5.41, 5.74) is 4.69. The molecule has 1 unspecified atom stereocenters. The molecule has 2 aliphatic rings. The van der Waals surface area contributed by atoms with Crippen LogP contribution >= 0.6 is 23.2 Å². The Morgan fingerprint density at radius 3 is 2.62 bits per heavy atom. The zero-order valence-corrected chi connectivity index (χ0v) is 28.8. The predicted octanol–water partition coefficient (Wildman–Crippen LogP) is 4.02. The van der Waals surface area contributed by atoms with Crippen molar-refractivity contribution in [1.82, 2.24) is 39.7 Å². The molecule has 50 heavy (non-hydrogen) atoms. The normalized spacial score (nSPS) is 16.5. The molecule has 2 fully saturated rings. The highest BCUT2D eigenvalue weighted by atomic mass is 35.5. The fourth-order valence-electron chi connectivity index (χ4n) is 6.43. The Labute approximate surface area is 296 Å². The minimum atomic E-state index is -0.822. The number of rotatable bonds is 11. The number of carboxylic acid groups (broad SMARTS) is 1. The molecule has 3 N–H and O–H groups in total. The van der Waals surface area contributed by atoms with Gasteiger partial charge in [0, 0.05) is 85.9 Å². The lowest BCUT2D eigenvalue weighted by Gasteiger charge is -2.36. The van der Waals surface area contributed by atoms with Crippen molar-refractivity contribution in [2.24, 2.45) is 13.0 Å². The van der Waals surface area contributed by atoms with Crippen LogP contribution in [0.4, 0.5) is 0 Å². The number of carbonyl (C=O) groups is 2. The third kappa shape index (κ3) is 6.44. The van der Waals surface area contributed by atoms with Crippen molar-refractivity contribution in [3.05, 3.63) is 86.6 Å². The molecule has 1 aromatic carbocycles. The summed E-state index contributed by atoms with van der Waals surface area (Å²) >= 11 is 14.1. The van der Waals surface area contributed by atoms with Crippen molar-refractivity contribution in [2.75, 3.05) is 26.7 Å². The molecule has 7 rings (SSSR count). The van der Waals surface area contributed by atoms with Gasteiger partial charge in [0.25, 0.3) is 5.56 Å². The van der Waals surface area contributed by atoms with Gasteiger partial charge >= 0.3 is 5.97 Å². The maximum Gasteiger partial charge on any atom is 0.309 e. The minimum absolute atomic E-state index is 0.0825. The van der Waals surface area contributed by atoms with Gasteiger partial charge in [0.2, 0.25) is 11.8 Å². The summed E-state index contributed by atoms with van der Waals surface area (Å²) in [5.74, 6) is -0.168. The molecule has 13 nitrogen and oxygen atoms in total. The molecule has 5 aromatic rings. The van der Waals surface area contributed by atoms with Gasteiger partial charge in [0.15, 0.2) is 0 Å². The summed E-state index contributed by atoms with van der Waals surface area (Å²) in [7, 11) is 3.23. The number of carboxylic acids is 1. The number of aliphatic carboxylic acids is 1. The third-order valence-electron chi connectivity index (χ3n) is 9.26. The zero-order chi connectivity index (χ0) is 35.1. The lowest BCUT2D eigenvalue weighted by Crippen LogP contribution is -2.50. The van der Waals surface area contributed by atoms with E-state index in [-0.39, 0.29) is 17.5 Å². The second kappa shape index (κ2) is 13.8. The summed E-state index contributed by atoms with van der Waals surface area (Å²) in [6.45, 7) is 2.35. The average Bonchev–Trinajstić information content (AvgIpc) is 3.71. The van der Waals surface area contributed by atoms with E-state index in [1.54, 1.807) is 38.7 Å². The Morgan fingerprint density at radius 2 is 1.88 bits per heavy atom. The maximum atomic E-state index is 13.3. The first-order valence-corrected chi connectivity index (χ1v) is 16.9. The number of amides is 1. The summed E-state index contributed by atoms with van der Waals surface area (Å²) in [6, 6.07) is 13.1. The first kappa shape index (κ1) is 33.7. The number of ether oxygens (including phenoxy) is 1. The molecule has 1 atom stereocenters. The van der Waals surface area contributed by atoms with Crippen LogP contribution in [0.3, 0.4) is 0 Å². The number of hydrogen-bond acceptors (Lipinski definition) is 9. The Bertz CT molecular complexity index is 2200. The summed E-state index contributed by atoms with van der Waals surface area (Å²) in [6.07, 6.45) is 4.72. The summed E-state index contributed by atoms with van der Waals surface area (Å²) in [4.78, 5) is 47.3. The van der Waals surface area contributed by atoms with Gasteiger partial charge in [-0.15, -0.1) is 0 Å². The molecule has 15 heteroatoms. The number of methoxy groups -OCH3 is 1. The van der Waals surface area contributed by atoms with Crippen molar-refractivity contribution < 1.29 is 19.4 Å². The monoisotopic (exact) mass is 716 g/mol. The maximum absolute atomic E-state index is 13.3. The summed E-state index contributed by atoms with van der Waals surface area (Å²) in [5, 5.41) is 21.0. The highest BCUT2D eigenvalue weighted by molar-refractivity contribution is 6.39. The minimum Gasteiger partial charge on any atom is -0.481 e. The van der Waals surface area contributed by atoms with Crippen LogP contribution in [0.25, 0.3) is 39.2 Å². The third-order valence-corrected chi connectivity index (χ3v) is 10.0. The van der Waals surface area contributed by atoms with Crippen molar-refractivity contribution >= 4 is 40.6 Å². The van der Waals surface area contributed by atoms with Crippen LogP contribution in [0.1, 0.15) is 24.2 Å². The van der Waals surface area contributed by atoms with Crippen LogP contribution in [-0.2, 0) is 29.7 Å². The van der Waals surface area contributed by atoms with Gasteiger partial charge in [0.1, 0.15) is 11.3 Å². The zero-order valence-electron chi connectivity index (χ0n) is 27.3. The first-order chi connectivity index (χ1) is 24.1. The molecular formula is C35H34Cl2N8O5. The van der Waals surface area contributed by atoms with E-state index in [4.69, 9.17) is 32.9 Å². The molecule has 0 radical (unpaired) electrons. The van der Waals surface area contributed by atoms with Gasteiger partial charge in [-0.1, -0.05) is 47.5 Å². The van der Waals surface area contributed by atoms with E-state index >= 15 is 0 Å². The second-order valence-corrected chi connectivity index (χ2v) is 13.3. The van der Waals surface area contributed by atoms with Crippen LogP contribution in [0.2, 0.25) is 10.0 Å². The van der Waals surface area contributed by atoms with Gasteiger partial charge in [-0.05, 0) is 24.6 Å². The Hall–Kier alpha value is -4.82. The van der Waals surface area contributed by atoms with Gasteiger partial charge in [0.05, 0.1) is 41.0 Å². The Kier molecular flexibility index (Phi) is 9.31. The highest BCUT2D eigenvalue weighted by Gasteiger charge is 2.33. The van der Waals surface area contributed by atoms with Gasteiger partial charge < -0.3 is 20.5 Å². The van der Waals surface area contributed by atoms with E-state index in [1.807, 2.05) is 35.2 Å². The molecule has 6 heterocycles. The number of hydrogen-bond donors (Lipinski definition) is 3. The quantitative estimate of drug-likeness (QED) is 0.183. The molecular weight excluding hydrogens is 683 g/mol. The molecule has 4 aromatic heterocycles. The van der Waals surface area contributed by atoms with Crippen LogP contribution in [-0.4, -0.2) is 78.8 Å². The number of aromatic nitrogens is 5. The number of nitrogens with one attached hydrogen (secondary N) is 2. The molecule has 2 aliphatic heterocycles. The Morgan fingerprint density at radius 1 is 1.10 bits per heavy atom. The van der Waals surface area contributed by atoms with Gasteiger partial charge in [-0.25, -0.2) is 9.50 Å². The van der Waals surface area contributed by atoms with Crippen molar-refractivity contribution in [2.45, 2.75) is 32.0 Å². The fourth-order valence-corrected chi connectivity index (χ4v) is 7.08. The van der Waals surface area contributed by atoms with E-state index in [1.165, 1.54) is 9.08 Å². The fraction of sp³-hybridized carbons (Fsp3) is 0.314. The van der Waals surface area contributed by atoms with Crippen molar-refractivity contribution in [3.8, 4) is 39.5 Å². The SMILES string of the molecule is COc1nc(-c2cccc(-c3ccnc(-c4cc5c(=O)n(C)c(CN6CC(C(=O)O)C6)nn5c4)c3Cl)c2Cl)ccc1CNCC1CCC(=O)N1. The van der Waals surface area contributed by atoms with E-state index in [2.05, 4.69) is 20.7 Å². The van der Waals surface area contributed by atoms with Gasteiger partial charge in [-0.2, -0.15) is 5.10 Å². The topological polar surface area (TPSA) is 156 Å². The smallest absolute Gasteiger partial charge is 0.309 e. The van der Waals surface area contributed by atoms with Crippen LogP contribution in [0, 0.1) is 5.92 Å². The highest BCUT2D eigenvalue weighted by Crippen LogP contribution is 2.41. The summed E-state index contributed by atoms with van der Waals surface area (Å²) < 4.78 is 8.62. The predicted molar refractivity (Wildman–Crippen MR) is 188 cm³/mol. The number of fused-ring (bicyclic) bond motifs is 1. The largest absolute Gasteiger partial charge is 0.481 e. The molecule has 258 valence electrons. The molecule has 2 saturated heterocycles. The van der Waals surface area contributed by atoms with E-state index in [0.29, 0.717) is 100 Å². The average molecular weight is 718 g/mol. The lowest BCUT2D eigenvalue weighted by molar-refractivity contribution is -0.147. The number of carbonyl (C=O) groups excluding carboxylic acids is 1. The second-order valence-electron chi connectivity index (χ2n) is 12.6. The number of benzene rings is 1. The van der Waals surface area contributed by atoms with Crippen LogP contribution in [0.15, 0.2) is 59.7 Å². The number of nitrogens with zero attached hydrogens (tertiary/aromatic N) is 6. The number of pyridine rings is 2. The van der Waals surface area contributed by atoms with Crippen LogP contribution < -0.4 is 20.9 Å². The number of likely N-dealkylation sites (tertiary alicyclic amines) is 1. The van der Waals surface area contributed by atoms with E-state index < -0.39 is 11.9 Å². The Balaban J connectivity index is 1.15. The lowest BCUT2D eigenvalue weighted by atomic mass is 10.00. The van der Waals surface area contributed by atoms with Crippen molar-refractivity contribution in [3.63, 3.8) is 0 Å². The molecule has 0 aliphatic carbocycles. The van der Waals surface area contributed by atoms with E-state index in [0.717, 1.165) is 12.0 Å². The van der Waals surface area contributed by atoms with Crippen LogP contribution in [0.5, 0.6) is 5.88 Å². The van der Waals surface area contributed by atoms with E-state index in [9.17, 15) is 19.5 Å². The molecule has 0 spiro atoms. The molecule has 1 amide bonds. The first-order valence-electron chi connectivity index (χ1n) is 16.1. The molecule has 0 bridgehead atoms. The van der Waals surface area contributed by atoms with Gasteiger partial charge in [-0.3, -0.25) is 28.8 Å². The number of halogens is 2. The van der Waals surface area contributed by atoms with Crippen molar-refractivity contribution in [1.29, 1.82) is 0 Å².